The minimum atomic E-state index is -0.569. The van der Waals surface area contributed by atoms with Gasteiger partial charge in [-0.3, -0.25) is 0 Å². The summed E-state index contributed by atoms with van der Waals surface area (Å²) in [6.07, 6.45) is 9.92. The van der Waals surface area contributed by atoms with Gasteiger partial charge in [-0.05, 0) is 81.1 Å². The molecule has 41 heavy (non-hydrogen) atoms. The number of aryl methyl sites for hydroxylation is 1. The Morgan fingerprint density at radius 1 is 0.829 bits per heavy atom. The number of rotatable bonds is 7. The first-order valence-corrected chi connectivity index (χ1v) is 15.9. The van der Waals surface area contributed by atoms with Gasteiger partial charge in [0.2, 0.25) is 0 Å². The number of nitrogens with one attached hydrogen (secondary N) is 1. The molecular weight excluding hydrogens is 512 g/mol. The van der Waals surface area contributed by atoms with E-state index in [0.717, 1.165) is 42.6 Å². The molecule has 6 nitrogen and oxygen atoms in total. The van der Waals surface area contributed by atoms with Gasteiger partial charge in [-0.2, -0.15) is 0 Å². The number of dihydropyridines is 1. The third kappa shape index (κ3) is 7.06. The van der Waals surface area contributed by atoms with Crippen molar-refractivity contribution in [1.29, 1.82) is 0 Å². The molecule has 0 amide bonds. The van der Waals surface area contributed by atoms with Crippen molar-refractivity contribution < 1.29 is 23.6 Å². The Morgan fingerprint density at radius 2 is 1.29 bits per heavy atom. The molecule has 6 unspecified atom stereocenters. The Labute approximate surface area is 248 Å². The van der Waals surface area contributed by atoms with Gasteiger partial charge in [0.25, 0.3) is 0 Å². The second-order valence-corrected chi connectivity index (χ2v) is 14.0. The Bertz CT molecular complexity index is 1110. The van der Waals surface area contributed by atoms with E-state index >= 15 is 0 Å². The van der Waals surface area contributed by atoms with E-state index < -0.39 is 5.92 Å². The molecule has 226 valence electrons. The van der Waals surface area contributed by atoms with Gasteiger partial charge in [0.1, 0.15) is 19.3 Å². The highest BCUT2D eigenvalue weighted by Gasteiger charge is 2.43. The van der Waals surface area contributed by atoms with Crippen LogP contribution in [0.5, 0.6) is 0 Å². The van der Waals surface area contributed by atoms with Crippen LogP contribution in [0.1, 0.15) is 105 Å². The molecule has 2 fully saturated rings. The van der Waals surface area contributed by atoms with E-state index in [1.165, 1.54) is 12.8 Å². The first-order valence-electron chi connectivity index (χ1n) is 15.9. The average Bonchev–Trinajstić information content (AvgIpc) is 2.87. The van der Waals surface area contributed by atoms with Crippen LogP contribution in [-0.2, 0) is 26.1 Å². The van der Waals surface area contributed by atoms with Gasteiger partial charge in [-0.1, -0.05) is 54.4 Å². The quantitative estimate of drug-likeness (QED) is 0.292. The van der Waals surface area contributed by atoms with E-state index in [4.69, 9.17) is 9.47 Å². The van der Waals surface area contributed by atoms with E-state index in [2.05, 4.69) is 46.9 Å². The lowest BCUT2D eigenvalue weighted by Crippen LogP contribution is -2.40. The van der Waals surface area contributed by atoms with Crippen LogP contribution >= 0.6 is 0 Å². The van der Waals surface area contributed by atoms with Crippen molar-refractivity contribution >= 4 is 11.9 Å². The molecule has 1 aromatic heterocycles. The second-order valence-electron chi connectivity index (χ2n) is 14.0. The summed E-state index contributed by atoms with van der Waals surface area (Å²) in [6.45, 7) is 17.2. The zero-order chi connectivity index (χ0) is 30.0. The molecule has 4 rings (SSSR count). The lowest BCUT2D eigenvalue weighted by Gasteiger charge is -2.39. The van der Waals surface area contributed by atoms with Crippen molar-refractivity contribution in [3.63, 3.8) is 0 Å². The van der Waals surface area contributed by atoms with E-state index in [-0.39, 0.29) is 24.1 Å². The Balaban J connectivity index is 1.70. The lowest BCUT2D eigenvalue weighted by molar-refractivity contribution is -0.671. The number of pyridine rings is 1. The van der Waals surface area contributed by atoms with Crippen molar-refractivity contribution in [3.8, 4) is 0 Å². The molecule has 6 heteroatoms. The van der Waals surface area contributed by atoms with Gasteiger partial charge in [-0.25, -0.2) is 14.2 Å². The van der Waals surface area contributed by atoms with Gasteiger partial charge in [-0.15, -0.1) is 0 Å². The number of aromatic nitrogens is 1. The van der Waals surface area contributed by atoms with Crippen molar-refractivity contribution in [1.82, 2.24) is 5.32 Å². The van der Waals surface area contributed by atoms with Crippen molar-refractivity contribution in [2.45, 2.75) is 112 Å². The van der Waals surface area contributed by atoms with Crippen molar-refractivity contribution in [2.24, 2.45) is 42.6 Å². The molecule has 2 aliphatic carbocycles. The van der Waals surface area contributed by atoms with Crippen molar-refractivity contribution in [3.05, 3.63) is 52.6 Å². The summed E-state index contributed by atoms with van der Waals surface area (Å²) in [6, 6.07) is 3.96. The van der Waals surface area contributed by atoms with Crippen LogP contribution in [0.3, 0.4) is 0 Å². The molecular formula is C35H53N2O4+. The molecule has 0 bridgehead atoms. The topological polar surface area (TPSA) is 68.5 Å². The normalized spacial score (nSPS) is 30.9. The van der Waals surface area contributed by atoms with Crippen molar-refractivity contribution in [2.75, 3.05) is 0 Å². The maximum atomic E-state index is 14.2. The third-order valence-electron chi connectivity index (χ3n) is 9.94. The summed E-state index contributed by atoms with van der Waals surface area (Å²) in [5.41, 5.74) is 3.36. The fraction of sp³-hybridized carbons (Fsp3) is 0.686. The summed E-state index contributed by atoms with van der Waals surface area (Å²) < 4.78 is 14.7. The van der Waals surface area contributed by atoms with E-state index in [0.29, 0.717) is 46.7 Å². The SMILES string of the molecule is CC1=C(C(=O)OC2CC(C)CCC2C(C)C)C(c2ccc[n+](C)c2)C(C(=O)OC2CC(C)CCC2C(C)C)=C(C)N1. The standard InChI is InChI=1S/C35H52N2O4/c1-20(2)27-14-12-22(5)17-29(27)40-34(38)31-24(7)36-25(8)32(33(31)26-11-10-16-37(9)19-26)35(39)41-30-18-23(6)13-15-28(30)21(3)4/h10-11,16,19-23,27-30,33H,12-15,17-18H2,1-9H3/p+1. The maximum Gasteiger partial charge on any atom is 0.337 e. The molecule has 2 saturated carbocycles. The van der Waals surface area contributed by atoms with Crippen LogP contribution in [0.2, 0.25) is 0 Å². The molecule has 1 aliphatic heterocycles. The average molecular weight is 566 g/mol. The zero-order valence-corrected chi connectivity index (χ0v) is 26.8. The predicted octanol–water partition coefficient (Wildman–Crippen LogP) is 6.75. The van der Waals surface area contributed by atoms with E-state index in [9.17, 15) is 9.59 Å². The minimum Gasteiger partial charge on any atom is -0.459 e. The van der Waals surface area contributed by atoms with Crippen LogP contribution in [0, 0.1) is 35.5 Å². The number of carbonyl (C=O) groups excluding carboxylic acids is 2. The van der Waals surface area contributed by atoms with Gasteiger partial charge < -0.3 is 14.8 Å². The number of ether oxygens (including phenoxy) is 2. The van der Waals surface area contributed by atoms with Gasteiger partial charge in [0.05, 0.1) is 17.1 Å². The molecule has 0 spiro atoms. The van der Waals surface area contributed by atoms with Gasteiger partial charge in [0.15, 0.2) is 12.4 Å². The fourth-order valence-corrected chi connectivity index (χ4v) is 7.55. The van der Waals surface area contributed by atoms with Crippen LogP contribution in [0.15, 0.2) is 47.1 Å². The first kappa shape index (κ1) is 31.3. The molecule has 6 atom stereocenters. The number of esters is 2. The Morgan fingerprint density at radius 3 is 1.71 bits per heavy atom. The summed E-state index contributed by atoms with van der Waals surface area (Å²) in [5.74, 6) is 1.34. The number of nitrogens with zero attached hydrogens (tertiary/aromatic N) is 1. The summed E-state index contributed by atoms with van der Waals surface area (Å²) >= 11 is 0. The molecule has 0 aromatic carbocycles. The maximum absolute atomic E-state index is 14.2. The van der Waals surface area contributed by atoms with Gasteiger partial charge in [0, 0.05) is 23.0 Å². The zero-order valence-electron chi connectivity index (χ0n) is 26.8. The summed E-state index contributed by atoms with van der Waals surface area (Å²) in [7, 11) is 1.96. The van der Waals surface area contributed by atoms with E-state index in [1.807, 2.05) is 50.0 Å². The smallest absolute Gasteiger partial charge is 0.337 e. The molecule has 2 heterocycles. The molecule has 1 aromatic rings. The van der Waals surface area contributed by atoms with Crippen LogP contribution in [0.4, 0.5) is 0 Å². The van der Waals surface area contributed by atoms with E-state index in [1.54, 1.807) is 0 Å². The highest BCUT2D eigenvalue weighted by atomic mass is 16.5. The first-order chi connectivity index (χ1) is 19.4. The monoisotopic (exact) mass is 565 g/mol. The highest BCUT2D eigenvalue weighted by molar-refractivity contribution is 6.00. The predicted molar refractivity (Wildman–Crippen MR) is 161 cm³/mol. The second kappa shape index (κ2) is 13.1. The Hall–Kier alpha value is -2.63. The highest BCUT2D eigenvalue weighted by Crippen LogP contribution is 2.42. The largest absolute Gasteiger partial charge is 0.459 e. The fourth-order valence-electron chi connectivity index (χ4n) is 7.55. The van der Waals surface area contributed by atoms with Crippen LogP contribution in [-0.4, -0.2) is 24.1 Å². The number of allylic oxidation sites excluding steroid dienone is 2. The lowest BCUT2D eigenvalue weighted by atomic mass is 9.75. The molecule has 0 radical (unpaired) electrons. The number of hydrogen-bond donors (Lipinski definition) is 1. The van der Waals surface area contributed by atoms with Crippen LogP contribution in [0.25, 0.3) is 0 Å². The summed E-state index contributed by atoms with van der Waals surface area (Å²) in [5, 5.41) is 3.37. The van der Waals surface area contributed by atoms with Crippen LogP contribution < -0.4 is 9.88 Å². The minimum absolute atomic E-state index is 0.128. The Kier molecular flexibility index (Phi) is 10.0. The molecule has 1 N–H and O–H groups in total. The van der Waals surface area contributed by atoms with Gasteiger partial charge >= 0.3 is 11.9 Å². The number of carbonyl (C=O) groups is 2. The summed E-state index contributed by atoms with van der Waals surface area (Å²) in [4.78, 5) is 28.3. The third-order valence-corrected chi connectivity index (χ3v) is 9.94. The molecule has 3 aliphatic rings. The molecule has 0 saturated heterocycles. The number of hydrogen-bond acceptors (Lipinski definition) is 5.